The molecule has 134 valence electrons. The first-order valence-electron chi connectivity index (χ1n) is 8.79. The van der Waals surface area contributed by atoms with Crippen molar-refractivity contribution in [2.24, 2.45) is 5.73 Å². The highest BCUT2D eigenvalue weighted by atomic mass is 35.5. The Morgan fingerprint density at radius 3 is 2.54 bits per heavy atom. The number of nitrogens with zero attached hydrogens (tertiary/aromatic N) is 1. The van der Waals surface area contributed by atoms with Crippen LogP contribution >= 0.6 is 12.4 Å². The first kappa shape index (κ1) is 19.2. The summed E-state index contributed by atoms with van der Waals surface area (Å²) in [6.07, 6.45) is 4.86. The van der Waals surface area contributed by atoms with E-state index in [0.29, 0.717) is 12.5 Å². The number of carbonyl (C=O) groups excluding carboxylic acids is 1. The lowest BCUT2D eigenvalue weighted by molar-refractivity contribution is -0.143. The lowest BCUT2D eigenvalue weighted by atomic mass is 9.92. The van der Waals surface area contributed by atoms with Gasteiger partial charge in [-0.05, 0) is 38.2 Å². The molecule has 5 heteroatoms. The van der Waals surface area contributed by atoms with Gasteiger partial charge in [0.25, 0.3) is 5.91 Å². The minimum atomic E-state index is -0.298. The normalized spacial score (nSPS) is 29.3. The molecule has 0 spiro atoms. The Labute approximate surface area is 151 Å². The monoisotopic (exact) mass is 352 g/mol. The van der Waals surface area contributed by atoms with Gasteiger partial charge in [-0.1, -0.05) is 36.2 Å². The molecule has 2 unspecified atom stereocenters. The van der Waals surface area contributed by atoms with Gasteiger partial charge in [-0.15, -0.1) is 12.4 Å². The van der Waals surface area contributed by atoms with Gasteiger partial charge >= 0.3 is 0 Å². The molecule has 1 aliphatic carbocycles. The van der Waals surface area contributed by atoms with Crippen molar-refractivity contribution in [1.29, 1.82) is 0 Å². The van der Waals surface area contributed by atoms with Crippen molar-refractivity contribution < 1.29 is 9.53 Å². The van der Waals surface area contributed by atoms with Crippen LogP contribution in [0.3, 0.4) is 0 Å². The smallest absolute Gasteiger partial charge is 0.251 e. The fourth-order valence-electron chi connectivity index (χ4n) is 4.06. The van der Waals surface area contributed by atoms with Gasteiger partial charge in [0, 0.05) is 25.6 Å². The van der Waals surface area contributed by atoms with Crippen molar-refractivity contribution in [1.82, 2.24) is 4.90 Å². The van der Waals surface area contributed by atoms with Gasteiger partial charge in [-0.2, -0.15) is 0 Å². The molecule has 1 amide bonds. The maximum absolute atomic E-state index is 12.8. The zero-order chi connectivity index (χ0) is 16.4. The molecule has 1 saturated carbocycles. The van der Waals surface area contributed by atoms with Gasteiger partial charge in [0.1, 0.15) is 6.10 Å². The maximum Gasteiger partial charge on any atom is 0.251 e. The van der Waals surface area contributed by atoms with E-state index in [2.05, 4.69) is 31.2 Å². The average Bonchev–Trinajstić information content (AvgIpc) is 3.23. The quantitative estimate of drug-likeness (QED) is 0.906. The second-order valence-corrected chi connectivity index (χ2v) is 7.02. The number of aryl methyl sites for hydroxylation is 1. The predicted octanol–water partition coefficient (Wildman–Crippen LogP) is 3.02. The van der Waals surface area contributed by atoms with E-state index < -0.39 is 0 Å². The second kappa shape index (κ2) is 8.32. The average molecular weight is 353 g/mol. The first-order chi connectivity index (χ1) is 11.1. The van der Waals surface area contributed by atoms with E-state index in [1.807, 2.05) is 11.9 Å². The Balaban J connectivity index is 0.00000208. The van der Waals surface area contributed by atoms with Crippen LogP contribution in [0.15, 0.2) is 24.3 Å². The zero-order valence-corrected chi connectivity index (χ0v) is 15.4. The highest BCUT2D eigenvalue weighted by molar-refractivity contribution is 5.85. The van der Waals surface area contributed by atoms with Gasteiger partial charge < -0.3 is 15.4 Å². The molecule has 1 aromatic carbocycles. The van der Waals surface area contributed by atoms with Crippen molar-refractivity contribution in [3.63, 3.8) is 0 Å². The topological polar surface area (TPSA) is 55.6 Å². The number of carbonyl (C=O) groups is 1. The molecule has 1 heterocycles. The third kappa shape index (κ3) is 3.93. The molecule has 1 saturated heterocycles. The van der Waals surface area contributed by atoms with Crippen molar-refractivity contribution in [2.75, 3.05) is 13.6 Å². The minimum absolute atomic E-state index is 0. The molecule has 0 radical (unpaired) electrons. The van der Waals surface area contributed by atoms with Crippen LogP contribution in [-0.4, -0.2) is 42.6 Å². The number of likely N-dealkylation sites (N-methyl/N-ethyl adjacent to an activating group) is 1. The number of nitrogens with two attached hydrogens (primary N) is 1. The summed E-state index contributed by atoms with van der Waals surface area (Å²) in [5, 5.41) is 0. The van der Waals surface area contributed by atoms with E-state index in [9.17, 15) is 4.79 Å². The summed E-state index contributed by atoms with van der Waals surface area (Å²) < 4.78 is 5.79. The number of ether oxygens (including phenoxy) is 1. The molecule has 4 nitrogen and oxygen atoms in total. The molecule has 2 fully saturated rings. The van der Waals surface area contributed by atoms with E-state index >= 15 is 0 Å². The lowest BCUT2D eigenvalue weighted by Crippen LogP contribution is -2.44. The summed E-state index contributed by atoms with van der Waals surface area (Å²) in [7, 11) is 1.94. The van der Waals surface area contributed by atoms with E-state index in [1.165, 1.54) is 17.5 Å². The number of hydrogen-bond donors (Lipinski definition) is 1. The maximum atomic E-state index is 12.8. The fraction of sp³-hybridized carbons (Fsp3) is 0.632. The van der Waals surface area contributed by atoms with Gasteiger partial charge in [0.2, 0.25) is 0 Å². The van der Waals surface area contributed by atoms with Gasteiger partial charge in [0.05, 0.1) is 6.10 Å². The summed E-state index contributed by atoms with van der Waals surface area (Å²) in [6.45, 7) is 2.61. The van der Waals surface area contributed by atoms with Crippen molar-refractivity contribution in [2.45, 2.75) is 63.2 Å². The van der Waals surface area contributed by atoms with Crippen LogP contribution in [0.2, 0.25) is 0 Å². The second-order valence-electron chi connectivity index (χ2n) is 7.02. The largest absolute Gasteiger partial charge is 0.364 e. The summed E-state index contributed by atoms with van der Waals surface area (Å²) >= 11 is 0. The van der Waals surface area contributed by atoms with E-state index in [4.69, 9.17) is 10.5 Å². The molecule has 0 bridgehead atoms. The van der Waals surface area contributed by atoms with Crippen LogP contribution in [0.25, 0.3) is 0 Å². The number of halogens is 1. The molecule has 4 atom stereocenters. The van der Waals surface area contributed by atoms with Crippen molar-refractivity contribution in [3.8, 4) is 0 Å². The summed E-state index contributed by atoms with van der Waals surface area (Å²) in [6, 6.07) is 9.04. The number of hydrogen-bond acceptors (Lipinski definition) is 3. The summed E-state index contributed by atoms with van der Waals surface area (Å²) in [4.78, 5) is 14.7. The molecule has 2 aliphatic rings. The van der Waals surface area contributed by atoms with E-state index in [1.54, 1.807) is 0 Å². The van der Waals surface area contributed by atoms with Crippen molar-refractivity contribution in [3.05, 3.63) is 35.4 Å². The Kier molecular flexibility index (Phi) is 6.67. The Morgan fingerprint density at radius 2 is 1.92 bits per heavy atom. The first-order valence-corrected chi connectivity index (χ1v) is 8.79. The molecule has 2 N–H and O–H groups in total. The molecule has 1 aromatic rings. The van der Waals surface area contributed by atoms with Crippen molar-refractivity contribution >= 4 is 18.3 Å². The molecule has 24 heavy (non-hydrogen) atoms. The van der Waals surface area contributed by atoms with Gasteiger partial charge in [-0.3, -0.25) is 4.79 Å². The SMILES string of the molecule is Cc1ccc(C2CCCC2N(C)C(=O)[C@@H]2CC[C@H](CN)O2)cc1.Cl. The van der Waals surface area contributed by atoms with E-state index in [0.717, 1.165) is 25.7 Å². The zero-order valence-electron chi connectivity index (χ0n) is 14.6. The van der Waals surface area contributed by atoms with Crippen LogP contribution in [0.5, 0.6) is 0 Å². The van der Waals surface area contributed by atoms with Crippen LogP contribution in [0, 0.1) is 6.92 Å². The third-order valence-electron chi connectivity index (χ3n) is 5.48. The fourth-order valence-corrected chi connectivity index (χ4v) is 4.06. The number of rotatable bonds is 4. The number of amides is 1. The summed E-state index contributed by atoms with van der Waals surface area (Å²) in [5.74, 6) is 0.571. The van der Waals surface area contributed by atoms with Gasteiger partial charge in [0.15, 0.2) is 0 Å². The predicted molar refractivity (Wildman–Crippen MR) is 98.5 cm³/mol. The number of benzene rings is 1. The molecular formula is C19H29ClN2O2. The van der Waals surface area contributed by atoms with Crippen LogP contribution in [-0.2, 0) is 9.53 Å². The summed E-state index contributed by atoms with van der Waals surface area (Å²) in [5.41, 5.74) is 8.28. The molecule has 1 aliphatic heterocycles. The van der Waals surface area contributed by atoms with E-state index in [-0.39, 0.29) is 36.6 Å². The molecule has 3 rings (SSSR count). The minimum Gasteiger partial charge on any atom is -0.364 e. The highest BCUT2D eigenvalue weighted by Crippen LogP contribution is 2.38. The van der Waals surface area contributed by atoms with Crippen LogP contribution in [0.4, 0.5) is 0 Å². The Morgan fingerprint density at radius 1 is 1.21 bits per heavy atom. The van der Waals surface area contributed by atoms with Gasteiger partial charge in [-0.25, -0.2) is 0 Å². The Hall–Kier alpha value is -1.10. The standard InChI is InChI=1S/C19H28N2O2.ClH/c1-13-6-8-14(9-7-13)16-4-3-5-17(16)21(2)19(22)18-11-10-15(12-20)23-18;/h6-9,15-18H,3-5,10-12,20H2,1-2H3;1H/t15-,16?,17?,18+;/m1./s1. The lowest BCUT2D eigenvalue weighted by Gasteiger charge is -2.32. The molecular weight excluding hydrogens is 324 g/mol. The highest BCUT2D eigenvalue weighted by Gasteiger charge is 2.38. The Bertz CT molecular complexity index is 549. The van der Waals surface area contributed by atoms with Crippen LogP contribution < -0.4 is 5.73 Å². The van der Waals surface area contributed by atoms with Crippen LogP contribution in [0.1, 0.15) is 49.1 Å². The third-order valence-corrected chi connectivity index (χ3v) is 5.48. The molecule has 0 aromatic heterocycles.